The summed E-state index contributed by atoms with van der Waals surface area (Å²) >= 11 is 1.15. The molecule has 0 aliphatic carbocycles. The summed E-state index contributed by atoms with van der Waals surface area (Å²) in [6, 6.07) is 1.80. The van der Waals surface area contributed by atoms with Gasteiger partial charge in [0, 0.05) is 0 Å². The number of rotatable bonds is 6. The molecule has 0 bridgehead atoms. The van der Waals surface area contributed by atoms with E-state index in [0.29, 0.717) is 5.16 Å². The van der Waals surface area contributed by atoms with Gasteiger partial charge in [-0.15, -0.1) is 5.10 Å². The number of aliphatic hydroxyl groups is 1. The molecule has 0 atom stereocenters. The van der Waals surface area contributed by atoms with E-state index in [9.17, 15) is 4.79 Å². The van der Waals surface area contributed by atoms with Crippen LogP contribution < -0.4 is 5.32 Å². The van der Waals surface area contributed by atoms with Crippen molar-refractivity contribution < 1.29 is 9.90 Å². The molecule has 0 saturated carbocycles. The Balaban J connectivity index is 2.39. The molecule has 1 amide bonds. The fourth-order valence-electron chi connectivity index (χ4n) is 0.854. The van der Waals surface area contributed by atoms with Crippen LogP contribution in [-0.2, 0) is 11.3 Å². The van der Waals surface area contributed by atoms with Crippen molar-refractivity contribution in [2.75, 3.05) is 18.9 Å². The first-order valence-electron chi connectivity index (χ1n) is 4.41. The average Bonchev–Trinajstić information content (AvgIpc) is 2.72. The molecule has 0 saturated heterocycles. The molecule has 0 radical (unpaired) electrons. The summed E-state index contributed by atoms with van der Waals surface area (Å²) in [6.07, 6.45) is 0. The fourth-order valence-corrected chi connectivity index (χ4v) is 1.59. The van der Waals surface area contributed by atoms with Gasteiger partial charge in [-0.3, -0.25) is 4.79 Å². The maximum absolute atomic E-state index is 11.2. The van der Waals surface area contributed by atoms with E-state index in [4.69, 9.17) is 10.4 Å². The third-order valence-corrected chi connectivity index (χ3v) is 2.46. The lowest BCUT2D eigenvalue weighted by Gasteiger charge is -2.01. The van der Waals surface area contributed by atoms with Crippen LogP contribution in [0.1, 0.15) is 0 Å². The highest BCUT2D eigenvalue weighted by Crippen LogP contribution is 2.12. The Morgan fingerprint density at radius 2 is 2.50 bits per heavy atom. The zero-order valence-electron chi connectivity index (χ0n) is 8.33. The van der Waals surface area contributed by atoms with Crippen molar-refractivity contribution in [1.82, 2.24) is 25.5 Å². The Bertz CT molecular complexity index is 386. The number of tetrazole rings is 1. The number of carbonyl (C=O) groups excluding carboxylic acids is 1. The summed E-state index contributed by atoms with van der Waals surface area (Å²) in [5, 5.41) is 30.6. The second-order valence-corrected chi connectivity index (χ2v) is 3.57. The van der Waals surface area contributed by atoms with Crippen LogP contribution in [0.3, 0.4) is 0 Å². The molecular formula is C7H10N6O2S. The van der Waals surface area contributed by atoms with Crippen LogP contribution in [0.25, 0.3) is 0 Å². The normalized spacial score (nSPS) is 9.75. The smallest absolute Gasteiger partial charge is 0.231 e. The van der Waals surface area contributed by atoms with Gasteiger partial charge in [0.2, 0.25) is 11.1 Å². The van der Waals surface area contributed by atoms with Crippen molar-refractivity contribution in [2.24, 2.45) is 0 Å². The molecule has 0 aliphatic heterocycles. The number of aliphatic hydroxyl groups excluding tert-OH is 1. The molecular weight excluding hydrogens is 232 g/mol. The quantitative estimate of drug-likeness (QED) is 0.455. The summed E-state index contributed by atoms with van der Waals surface area (Å²) in [5.41, 5.74) is 0. The number of aromatic nitrogens is 4. The van der Waals surface area contributed by atoms with Crippen molar-refractivity contribution in [3.8, 4) is 6.07 Å². The molecule has 16 heavy (non-hydrogen) atoms. The number of nitrogens with zero attached hydrogens (tertiary/aromatic N) is 5. The second-order valence-electron chi connectivity index (χ2n) is 2.63. The molecule has 0 aliphatic rings. The van der Waals surface area contributed by atoms with Gasteiger partial charge in [0.1, 0.15) is 6.54 Å². The van der Waals surface area contributed by atoms with E-state index in [1.165, 1.54) is 4.68 Å². The molecule has 1 aromatic rings. The van der Waals surface area contributed by atoms with Gasteiger partial charge in [0.15, 0.2) is 0 Å². The number of hydrogen-bond acceptors (Lipinski definition) is 7. The van der Waals surface area contributed by atoms with Crippen molar-refractivity contribution in [1.29, 1.82) is 5.26 Å². The molecule has 86 valence electrons. The van der Waals surface area contributed by atoms with Crippen LogP contribution in [-0.4, -0.2) is 50.1 Å². The predicted molar refractivity (Wildman–Crippen MR) is 54.2 cm³/mol. The monoisotopic (exact) mass is 242 g/mol. The summed E-state index contributed by atoms with van der Waals surface area (Å²) < 4.78 is 1.40. The third kappa shape index (κ3) is 3.84. The van der Waals surface area contributed by atoms with E-state index in [1.807, 2.05) is 0 Å². The van der Waals surface area contributed by atoms with Gasteiger partial charge < -0.3 is 10.4 Å². The summed E-state index contributed by atoms with van der Waals surface area (Å²) in [6.45, 7) is 0.204. The van der Waals surface area contributed by atoms with E-state index in [0.717, 1.165) is 11.8 Å². The van der Waals surface area contributed by atoms with E-state index < -0.39 is 0 Å². The van der Waals surface area contributed by atoms with Crippen LogP contribution in [0.15, 0.2) is 5.16 Å². The van der Waals surface area contributed by atoms with Gasteiger partial charge in [-0.05, 0) is 10.4 Å². The van der Waals surface area contributed by atoms with Gasteiger partial charge in [0.25, 0.3) is 0 Å². The standard InChI is InChI=1S/C7H10N6O2S/c8-1-2-9-6(15)5-16-7-10-11-12-13(7)3-4-14/h14H,2-5H2,(H,9,15). The maximum Gasteiger partial charge on any atom is 0.231 e. The highest BCUT2D eigenvalue weighted by molar-refractivity contribution is 7.99. The van der Waals surface area contributed by atoms with Crippen LogP contribution in [0, 0.1) is 11.3 Å². The molecule has 2 N–H and O–H groups in total. The predicted octanol–water partition coefficient (Wildman–Crippen LogP) is -1.60. The highest BCUT2D eigenvalue weighted by Gasteiger charge is 2.08. The van der Waals surface area contributed by atoms with Crippen molar-refractivity contribution in [2.45, 2.75) is 11.7 Å². The maximum atomic E-state index is 11.2. The number of carbonyl (C=O) groups is 1. The van der Waals surface area contributed by atoms with E-state index in [1.54, 1.807) is 6.07 Å². The minimum Gasteiger partial charge on any atom is -0.394 e. The number of nitrogens with one attached hydrogen (secondary N) is 1. The first-order valence-corrected chi connectivity index (χ1v) is 5.40. The van der Waals surface area contributed by atoms with E-state index in [-0.39, 0.29) is 31.4 Å². The highest BCUT2D eigenvalue weighted by atomic mass is 32.2. The Kier molecular flexibility index (Phi) is 5.24. The van der Waals surface area contributed by atoms with Crippen molar-refractivity contribution in [3.05, 3.63) is 0 Å². The van der Waals surface area contributed by atoms with E-state index >= 15 is 0 Å². The minimum atomic E-state index is -0.259. The molecule has 0 unspecified atom stereocenters. The fraction of sp³-hybridized carbons (Fsp3) is 0.571. The average molecular weight is 242 g/mol. The van der Waals surface area contributed by atoms with E-state index in [2.05, 4.69) is 20.8 Å². The summed E-state index contributed by atoms with van der Waals surface area (Å²) in [5.74, 6) is -0.127. The topological polar surface area (TPSA) is 117 Å². The van der Waals surface area contributed by atoms with Crippen LogP contribution in [0.2, 0.25) is 0 Å². The Morgan fingerprint density at radius 3 is 3.19 bits per heavy atom. The lowest BCUT2D eigenvalue weighted by molar-refractivity contribution is -0.118. The van der Waals surface area contributed by atoms with Crippen molar-refractivity contribution in [3.63, 3.8) is 0 Å². The number of amides is 1. The lowest BCUT2D eigenvalue weighted by atomic mass is 10.6. The van der Waals surface area contributed by atoms with Crippen LogP contribution >= 0.6 is 11.8 Å². The minimum absolute atomic E-state index is 0.0129. The molecule has 0 aromatic carbocycles. The number of hydrogen-bond donors (Lipinski definition) is 2. The van der Waals surface area contributed by atoms with Gasteiger partial charge in [0.05, 0.1) is 25.0 Å². The van der Waals surface area contributed by atoms with Gasteiger partial charge in [-0.2, -0.15) is 5.26 Å². The Labute approximate surface area is 95.6 Å². The zero-order chi connectivity index (χ0) is 11.8. The SMILES string of the molecule is N#CCNC(=O)CSc1nnnn1CCO. The summed E-state index contributed by atoms with van der Waals surface area (Å²) in [4.78, 5) is 11.2. The first kappa shape index (κ1) is 12.4. The molecule has 1 aromatic heterocycles. The summed E-state index contributed by atoms with van der Waals surface area (Å²) in [7, 11) is 0. The largest absolute Gasteiger partial charge is 0.394 e. The molecule has 0 spiro atoms. The number of nitriles is 1. The second kappa shape index (κ2) is 6.76. The van der Waals surface area contributed by atoms with Crippen molar-refractivity contribution >= 4 is 17.7 Å². The Morgan fingerprint density at radius 1 is 1.69 bits per heavy atom. The van der Waals surface area contributed by atoms with Crippen LogP contribution in [0.4, 0.5) is 0 Å². The molecule has 0 fully saturated rings. The molecule has 9 heteroatoms. The molecule has 8 nitrogen and oxygen atoms in total. The third-order valence-electron chi connectivity index (χ3n) is 1.51. The van der Waals surface area contributed by atoms with Gasteiger partial charge >= 0.3 is 0 Å². The number of thioether (sulfide) groups is 1. The lowest BCUT2D eigenvalue weighted by Crippen LogP contribution is -2.25. The van der Waals surface area contributed by atoms with Gasteiger partial charge in [-0.1, -0.05) is 11.8 Å². The zero-order valence-corrected chi connectivity index (χ0v) is 9.14. The molecule has 1 heterocycles. The first-order chi connectivity index (χ1) is 7.77. The Hall–Kier alpha value is -1.66. The van der Waals surface area contributed by atoms with Gasteiger partial charge in [-0.25, -0.2) is 4.68 Å². The van der Waals surface area contributed by atoms with Crippen LogP contribution in [0.5, 0.6) is 0 Å². The molecule has 1 rings (SSSR count).